The molecule has 2 N–H and O–H groups in total. The van der Waals surface area contributed by atoms with Crippen LogP contribution in [0.1, 0.15) is 23.6 Å². The Bertz CT molecular complexity index is 272. The summed E-state index contributed by atoms with van der Waals surface area (Å²) in [4.78, 5) is 6.85. The Morgan fingerprint density at radius 2 is 2.17 bits per heavy atom. The van der Waals surface area contributed by atoms with E-state index in [4.69, 9.17) is 5.73 Å². The molecule has 0 fully saturated rings. The smallest absolute Gasteiger partial charge is 0.0910 e. The van der Waals surface area contributed by atoms with Gasteiger partial charge in [0.1, 0.15) is 0 Å². The van der Waals surface area contributed by atoms with Gasteiger partial charge in [0.25, 0.3) is 0 Å². The summed E-state index contributed by atoms with van der Waals surface area (Å²) >= 11 is 1.81. The van der Waals surface area contributed by atoms with E-state index in [2.05, 4.69) is 24.0 Å². The number of nitrogens with two attached hydrogens (primary N) is 1. The van der Waals surface area contributed by atoms with Gasteiger partial charge in [0.15, 0.2) is 0 Å². The third kappa shape index (κ3) is 2.66. The van der Waals surface area contributed by atoms with Crippen LogP contribution in [-0.2, 0) is 13.0 Å². The van der Waals surface area contributed by atoms with Crippen molar-refractivity contribution >= 4 is 17.2 Å². The van der Waals surface area contributed by atoms with Crippen LogP contribution in [0.25, 0.3) is 0 Å². The van der Waals surface area contributed by atoms with Crippen LogP contribution in [0.4, 0.5) is 0 Å². The zero-order valence-corrected chi connectivity index (χ0v) is 8.32. The van der Waals surface area contributed by atoms with E-state index >= 15 is 0 Å². The molecule has 0 aliphatic carbocycles. The Labute approximate surface area is 77.1 Å². The molecule has 3 heteroatoms. The van der Waals surface area contributed by atoms with Crippen molar-refractivity contribution in [2.45, 2.75) is 26.8 Å². The van der Waals surface area contributed by atoms with Crippen molar-refractivity contribution in [2.24, 2.45) is 10.7 Å². The van der Waals surface area contributed by atoms with E-state index in [9.17, 15) is 0 Å². The van der Waals surface area contributed by atoms with Gasteiger partial charge < -0.3 is 5.73 Å². The summed E-state index contributed by atoms with van der Waals surface area (Å²) in [5.41, 5.74) is 5.43. The molecule has 0 amide bonds. The highest BCUT2D eigenvalue weighted by molar-refractivity contribution is 7.11. The van der Waals surface area contributed by atoms with Gasteiger partial charge in [-0.3, -0.25) is 4.99 Å². The van der Waals surface area contributed by atoms with Crippen LogP contribution in [-0.4, -0.2) is 5.84 Å². The van der Waals surface area contributed by atoms with Crippen molar-refractivity contribution in [3.8, 4) is 0 Å². The molecule has 0 bridgehead atoms. The third-order valence-electron chi connectivity index (χ3n) is 1.55. The van der Waals surface area contributed by atoms with Gasteiger partial charge in [-0.15, -0.1) is 11.3 Å². The number of nitrogens with zero attached hydrogens (tertiary/aromatic N) is 1. The highest BCUT2D eigenvalue weighted by Gasteiger charge is 1.96. The van der Waals surface area contributed by atoms with Crippen molar-refractivity contribution in [1.82, 2.24) is 0 Å². The molecule has 2 nitrogen and oxygen atoms in total. The van der Waals surface area contributed by atoms with Gasteiger partial charge in [0, 0.05) is 9.75 Å². The van der Waals surface area contributed by atoms with E-state index in [1.165, 1.54) is 9.75 Å². The van der Waals surface area contributed by atoms with Gasteiger partial charge in [-0.1, -0.05) is 6.92 Å². The lowest BCUT2D eigenvalue weighted by Crippen LogP contribution is -2.04. The zero-order valence-electron chi connectivity index (χ0n) is 7.50. The molecule has 0 aromatic carbocycles. The van der Waals surface area contributed by atoms with Crippen LogP contribution in [0, 0.1) is 0 Å². The molecule has 1 rings (SSSR count). The number of aliphatic imine (C=N–C) groups is 1. The molecular weight excluding hydrogens is 168 g/mol. The van der Waals surface area contributed by atoms with Crippen LogP contribution in [0.3, 0.4) is 0 Å². The van der Waals surface area contributed by atoms with Gasteiger partial charge in [-0.25, -0.2) is 0 Å². The van der Waals surface area contributed by atoms with Crippen molar-refractivity contribution in [1.29, 1.82) is 0 Å². The van der Waals surface area contributed by atoms with Gasteiger partial charge in [-0.2, -0.15) is 0 Å². The number of hydrogen-bond donors (Lipinski definition) is 1. The third-order valence-corrected chi connectivity index (χ3v) is 2.76. The van der Waals surface area contributed by atoms with E-state index in [1.807, 2.05) is 18.3 Å². The molecule has 0 atom stereocenters. The summed E-state index contributed by atoms with van der Waals surface area (Å²) in [7, 11) is 0. The molecule has 0 saturated heterocycles. The largest absolute Gasteiger partial charge is 0.388 e. The van der Waals surface area contributed by atoms with Crippen LogP contribution < -0.4 is 5.73 Å². The number of rotatable bonds is 3. The van der Waals surface area contributed by atoms with Gasteiger partial charge in [0.05, 0.1) is 12.4 Å². The normalized spacial score (nSPS) is 12.0. The lowest BCUT2D eigenvalue weighted by atomic mass is 10.4. The number of hydrogen-bond acceptors (Lipinski definition) is 2. The maximum atomic E-state index is 5.43. The molecule has 0 unspecified atom stereocenters. The zero-order chi connectivity index (χ0) is 8.97. The second-order valence-corrected chi connectivity index (χ2v) is 3.93. The highest BCUT2D eigenvalue weighted by Crippen LogP contribution is 2.17. The maximum absolute atomic E-state index is 5.43. The molecule has 0 saturated carbocycles. The monoisotopic (exact) mass is 182 g/mol. The topological polar surface area (TPSA) is 38.4 Å². The first kappa shape index (κ1) is 9.26. The summed E-state index contributed by atoms with van der Waals surface area (Å²) in [6.07, 6.45) is 1.11. The van der Waals surface area contributed by atoms with Crippen molar-refractivity contribution in [2.75, 3.05) is 0 Å². The number of amidine groups is 1. The van der Waals surface area contributed by atoms with Crippen LogP contribution >= 0.6 is 11.3 Å². The SMILES string of the molecule is CCc1ccc(CN=C(C)N)s1. The summed E-state index contributed by atoms with van der Waals surface area (Å²) in [5, 5.41) is 0. The Kier molecular flexibility index (Phi) is 3.29. The standard InChI is InChI=1S/C9H14N2S/c1-3-8-4-5-9(12-8)6-11-7(2)10/h4-5H,3,6H2,1-2H3,(H2,10,11). The highest BCUT2D eigenvalue weighted by atomic mass is 32.1. The first-order chi connectivity index (χ1) is 5.72. The molecule has 0 aliphatic heterocycles. The second-order valence-electron chi connectivity index (χ2n) is 2.68. The van der Waals surface area contributed by atoms with Crippen LogP contribution in [0.5, 0.6) is 0 Å². The molecule has 0 spiro atoms. The van der Waals surface area contributed by atoms with Gasteiger partial charge in [0.2, 0.25) is 0 Å². The lowest BCUT2D eigenvalue weighted by Gasteiger charge is -1.90. The van der Waals surface area contributed by atoms with Crippen LogP contribution in [0.2, 0.25) is 0 Å². The number of aryl methyl sites for hydroxylation is 1. The molecular formula is C9H14N2S. The van der Waals surface area contributed by atoms with Crippen LogP contribution in [0.15, 0.2) is 17.1 Å². The Morgan fingerprint density at radius 3 is 2.67 bits per heavy atom. The molecule has 0 radical (unpaired) electrons. The quantitative estimate of drug-likeness (QED) is 0.564. The maximum Gasteiger partial charge on any atom is 0.0910 e. The Balaban J connectivity index is 2.58. The van der Waals surface area contributed by atoms with Crippen molar-refractivity contribution < 1.29 is 0 Å². The molecule has 1 aromatic rings. The molecule has 66 valence electrons. The molecule has 1 heterocycles. The predicted molar refractivity (Wildman–Crippen MR) is 54.7 cm³/mol. The summed E-state index contributed by atoms with van der Waals surface area (Å²) in [6, 6.07) is 4.28. The van der Waals surface area contributed by atoms with E-state index in [-0.39, 0.29) is 0 Å². The average molecular weight is 182 g/mol. The first-order valence-electron chi connectivity index (χ1n) is 4.06. The minimum absolute atomic E-state index is 0.654. The van der Waals surface area contributed by atoms with Crippen molar-refractivity contribution in [3.63, 3.8) is 0 Å². The Morgan fingerprint density at radius 1 is 1.50 bits per heavy atom. The molecule has 0 aliphatic rings. The van der Waals surface area contributed by atoms with E-state index in [1.54, 1.807) is 0 Å². The summed E-state index contributed by atoms with van der Waals surface area (Å²) < 4.78 is 0. The molecule has 1 aromatic heterocycles. The fourth-order valence-electron chi connectivity index (χ4n) is 0.900. The minimum atomic E-state index is 0.654. The number of thiophene rings is 1. The van der Waals surface area contributed by atoms with E-state index < -0.39 is 0 Å². The summed E-state index contributed by atoms with van der Waals surface area (Å²) in [6.45, 7) is 4.70. The van der Waals surface area contributed by atoms with E-state index in [0.717, 1.165) is 13.0 Å². The van der Waals surface area contributed by atoms with Gasteiger partial charge >= 0.3 is 0 Å². The first-order valence-corrected chi connectivity index (χ1v) is 4.88. The molecule has 12 heavy (non-hydrogen) atoms. The average Bonchev–Trinajstić information content (AvgIpc) is 2.48. The second kappa shape index (κ2) is 4.26. The summed E-state index contributed by atoms with van der Waals surface area (Å²) in [5.74, 6) is 0.654. The predicted octanol–water partition coefficient (Wildman–Crippen LogP) is 2.19. The van der Waals surface area contributed by atoms with Gasteiger partial charge in [-0.05, 0) is 25.5 Å². The fraction of sp³-hybridized carbons (Fsp3) is 0.444. The fourth-order valence-corrected chi connectivity index (χ4v) is 1.78. The minimum Gasteiger partial charge on any atom is -0.388 e. The van der Waals surface area contributed by atoms with E-state index in [0.29, 0.717) is 5.84 Å². The Hall–Kier alpha value is -0.830. The lowest BCUT2D eigenvalue weighted by molar-refractivity contribution is 1.09. The van der Waals surface area contributed by atoms with Crippen molar-refractivity contribution in [3.05, 3.63) is 21.9 Å².